The van der Waals surface area contributed by atoms with Crippen LogP contribution in [0.25, 0.3) is 0 Å². The number of aromatic nitrogens is 2. The van der Waals surface area contributed by atoms with Crippen molar-refractivity contribution in [2.75, 3.05) is 7.05 Å². The fraction of sp³-hybridized carbons (Fsp3) is 0.333. The van der Waals surface area contributed by atoms with Crippen LogP contribution in [0.2, 0.25) is 4.47 Å². The van der Waals surface area contributed by atoms with Crippen LogP contribution in [0.5, 0.6) is 0 Å². The first-order chi connectivity index (χ1) is 8.15. The van der Waals surface area contributed by atoms with E-state index in [1.54, 1.807) is 0 Å². The van der Waals surface area contributed by atoms with Gasteiger partial charge >= 0.3 is 0 Å². The molecule has 0 N–H and O–H groups in total. The predicted octanol–water partition coefficient (Wildman–Crippen LogP) is 3.13. The first kappa shape index (κ1) is 12.5. The van der Waals surface area contributed by atoms with Crippen molar-refractivity contribution in [3.63, 3.8) is 0 Å². The van der Waals surface area contributed by atoms with Crippen molar-refractivity contribution in [2.24, 2.45) is 0 Å². The molecule has 0 aliphatic rings. The number of nitrogens with zero attached hydrogens (tertiary/aromatic N) is 3. The fourth-order valence-corrected chi connectivity index (χ4v) is 2.61. The Hall–Kier alpha value is -0.970. The van der Waals surface area contributed by atoms with E-state index in [-0.39, 0.29) is 0 Å². The first-order valence-corrected chi connectivity index (χ1v) is 6.55. The Labute approximate surface area is 110 Å². The summed E-state index contributed by atoms with van der Waals surface area (Å²) in [4.78, 5) is 2.21. The van der Waals surface area contributed by atoms with Crippen molar-refractivity contribution in [1.29, 1.82) is 0 Å². The van der Waals surface area contributed by atoms with Crippen molar-refractivity contribution < 1.29 is 0 Å². The lowest BCUT2D eigenvalue weighted by atomic mass is 10.1. The van der Waals surface area contributed by atoms with Gasteiger partial charge in [0.05, 0.1) is 6.54 Å². The van der Waals surface area contributed by atoms with Crippen LogP contribution in [0.15, 0.2) is 24.3 Å². The Morgan fingerprint density at radius 3 is 2.65 bits per heavy atom. The second-order valence-corrected chi connectivity index (χ2v) is 5.69. The number of hydrogen-bond donors (Lipinski definition) is 0. The minimum atomic E-state index is 0.504. The molecule has 1 aromatic carbocycles. The topological polar surface area (TPSA) is 29.0 Å². The third-order valence-corrected chi connectivity index (χ3v) is 3.55. The average molecular weight is 268 g/mol. The molecule has 2 aromatic rings. The van der Waals surface area contributed by atoms with Crippen LogP contribution in [-0.2, 0) is 13.1 Å². The average Bonchev–Trinajstić information content (AvgIpc) is 2.67. The van der Waals surface area contributed by atoms with Crippen molar-refractivity contribution in [3.05, 3.63) is 44.9 Å². The lowest BCUT2D eigenvalue weighted by Crippen LogP contribution is -2.17. The molecule has 0 unspecified atom stereocenters. The van der Waals surface area contributed by atoms with Crippen LogP contribution in [-0.4, -0.2) is 22.1 Å². The van der Waals surface area contributed by atoms with Gasteiger partial charge in [0, 0.05) is 6.54 Å². The molecule has 90 valence electrons. The molecule has 1 heterocycles. The minimum absolute atomic E-state index is 0.504. The maximum atomic E-state index is 5.76. The number of halogens is 1. The summed E-state index contributed by atoms with van der Waals surface area (Å²) in [6, 6.07) is 8.41. The lowest BCUT2D eigenvalue weighted by Gasteiger charge is -2.16. The van der Waals surface area contributed by atoms with Gasteiger partial charge in [-0.05, 0) is 36.7 Å². The molecule has 1 aromatic heterocycles. The highest BCUT2D eigenvalue weighted by Gasteiger charge is 2.07. The Morgan fingerprint density at radius 1 is 1.24 bits per heavy atom. The molecule has 3 nitrogen and oxygen atoms in total. The zero-order valence-electron chi connectivity index (χ0n) is 9.85. The van der Waals surface area contributed by atoms with Gasteiger partial charge in [0.15, 0.2) is 0 Å². The fourth-order valence-electron chi connectivity index (χ4n) is 1.66. The quantitative estimate of drug-likeness (QED) is 0.852. The summed E-state index contributed by atoms with van der Waals surface area (Å²) in [7, 11) is 2.07. The largest absolute Gasteiger partial charge is 0.295 e. The zero-order valence-corrected chi connectivity index (χ0v) is 11.4. The number of rotatable bonds is 4. The first-order valence-electron chi connectivity index (χ1n) is 5.36. The number of aryl methyl sites for hydroxylation is 1. The van der Waals surface area contributed by atoms with Crippen LogP contribution in [0.4, 0.5) is 0 Å². The molecule has 0 saturated carbocycles. The molecule has 17 heavy (non-hydrogen) atoms. The minimum Gasteiger partial charge on any atom is -0.295 e. The second-order valence-electron chi connectivity index (χ2n) is 4.05. The van der Waals surface area contributed by atoms with Gasteiger partial charge in [0.1, 0.15) is 5.01 Å². The number of hydrogen-bond acceptors (Lipinski definition) is 4. The Bertz CT molecular complexity index is 498. The van der Waals surface area contributed by atoms with E-state index in [1.165, 1.54) is 22.5 Å². The van der Waals surface area contributed by atoms with E-state index in [0.29, 0.717) is 4.47 Å². The van der Waals surface area contributed by atoms with Gasteiger partial charge in [-0.1, -0.05) is 35.6 Å². The van der Waals surface area contributed by atoms with Crippen LogP contribution >= 0.6 is 22.9 Å². The summed E-state index contributed by atoms with van der Waals surface area (Å²) >= 11 is 7.19. The molecule has 0 bridgehead atoms. The molecule has 5 heteroatoms. The highest BCUT2D eigenvalue weighted by Crippen LogP contribution is 2.17. The van der Waals surface area contributed by atoms with Crippen LogP contribution in [0.3, 0.4) is 0 Å². The summed E-state index contributed by atoms with van der Waals surface area (Å²) in [6.45, 7) is 3.81. The number of benzene rings is 1. The highest BCUT2D eigenvalue weighted by molar-refractivity contribution is 7.15. The molecular formula is C12H14ClN3S. The Balaban J connectivity index is 1.98. The van der Waals surface area contributed by atoms with E-state index in [1.807, 2.05) is 0 Å². The van der Waals surface area contributed by atoms with E-state index < -0.39 is 0 Å². The molecule has 0 amide bonds. The van der Waals surface area contributed by atoms with Crippen LogP contribution in [0, 0.1) is 6.92 Å². The molecule has 0 atom stereocenters. The maximum Gasteiger partial charge on any atom is 0.207 e. The van der Waals surface area contributed by atoms with Gasteiger partial charge in [-0.3, -0.25) is 4.90 Å². The van der Waals surface area contributed by atoms with Gasteiger partial charge in [0.25, 0.3) is 0 Å². The lowest BCUT2D eigenvalue weighted by molar-refractivity contribution is 0.317. The van der Waals surface area contributed by atoms with Gasteiger partial charge in [0.2, 0.25) is 4.47 Å². The summed E-state index contributed by atoms with van der Waals surface area (Å²) in [6.07, 6.45) is 0. The van der Waals surface area contributed by atoms with E-state index in [2.05, 4.69) is 53.3 Å². The van der Waals surface area contributed by atoms with Crippen LogP contribution in [0.1, 0.15) is 16.1 Å². The summed E-state index contributed by atoms with van der Waals surface area (Å²) in [5, 5.41) is 8.77. The van der Waals surface area contributed by atoms with E-state index >= 15 is 0 Å². The summed E-state index contributed by atoms with van der Waals surface area (Å²) in [5.41, 5.74) is 2.65. The molecule has 0 spiro atoms. The van der Waals surface area contributed by atoms with Gasteiger partial charge in [-0.2, -0.15) is 0 Å². The molecule has 0 radical (unpaired) electrons. The molecule has 0 saturated heterocycles. The second kappa shape index (κ2) is 5.58. The standard InChI is InChI=1S/C12H14ClN3S/c1-9-5-3-4-6-10(9)7-16(2)8-11-14-15-12(13)17-11/h3-6H,7-8H2,1-2H3. The van der Waals surface area contributed by atoms with E-state index in [9.17, 15) is 0 Å². The third-order valence-electron chi connectivity index (χ3n) is 2.55. The molecule has 0 fully saturated rings. The SMILES string of the molecule is Cc1ccccc1CN(C)Cc1nnc(Cl)s1. The summed E-state index contributed by atoms with van der Waals surface area (Å²) < 4.78 is 0.504. The smallest absolute Gasteiger partial charge is 0.207 e. The Kier molecular flexibility index (Phi) is 4.10. The molecule has 0 aliphatic heterocycles. The van der Waals surface area contributed by atoms with Crippen molar-refractivity contribution in [3.8, 4) is 0 Å². The summed E-state index contributed by atoms with van der Waals surface area (Å²) in [5.74, 6) is 0. The zero-order chi connectivity index (χ0) is 12.3. The van der Waals surface area contributed by atoms with Crippen molar-refractivity contribution in [2.45, 2.75) is 20.0 Å². The molecule has 0 aliphatic carbocycles. The predicted molar refractivity (Wildman–Crippen MR) is 71.3 cm³/mol. The van der Waals surface area contributed by atoms with Crippen molar-refractivity contribution >= 4 is 22.9 Å². The maximum absolute atomic E-state index is 5.76. The van der Waals surface area contributed by atoms with Gasteiger partial charge in [-0.25, -0.2) is 0 Å². The van der Waals surface area contributed by atoms with Crippen LogP contribution < -0.4 is 0 Å². The normalized spacial score (nSPS) is 11.1. The Morgan fingerprint density at radius 2 is 2.00 bits per heavy atom. The highest BCUT2D eigenvalue weighted by atomic mass is 35.5. The van der Waals surface area contributed by atoms with Gasteiger partial charge < -0.3 is 0 Å². The molecule has 2 rings (SSSR count). The third kappa shape index (κ3) is 3.49. The van der Waals surface area contributed by atoms with Crippen molar-refractivity contribution in [1.82, 2.24) is 15.1 Å². The monoisotopic (exact) mass is 267 g/mol. The van der Waals surface area contributed by atoms with Gasteiger partial charge in [-0.15, -0.1) is 10.2 Å². The van der Waals surface area contributed by atoms with E-state index in [4.69, 9.17) is 11.6 Å². The molecular weight excluding hydrogens is 254 g/mol. The van der Waals surface area contributed by atoms with E-state index in [0.717, 1.165) is 18.1 Å².